The van der Waals surface area contributed by atoms with Gasteiger partial charge in [0.05, 0.1) is 5.56 Å². The van der Waals surface area contributed by atoms with Crippen LogP contribution < -0.4 is 4.74 Å². The third-order valence-corrected chi connectivity index (χ3v) is 4.01. The highest BCUT2D eigenvalue weighted by molar-refractivity contribution is 6.31. The van der Waals surface area contributed by atoms with Crippen molar-refractivity contribution in [2.75, 3.05) is 19.6 Å². The molecule has 9 heteroatoms. The Bertz CT molecular complexity index is 694. The lowest BCUT2D eigenvalue weighted by molar-refractivity contribution is -0.274. The van der Waals surface area contributed by atoms with E-state index in [1.165, 1.54) is 21.9 Å². The molecule has 1 aliphatic rings. The summed E-state index contributed by atoms with van der Waals surface area (Å²) in [5.41, 5.74) is -0.278. The molecule has 2 amide bonds. The second-order valence-electron chi connectivity index (χ2n) is 5.52. The molecule has 0 unspecified atom stereocenters. The number of ether oxygens (including phenoxy) is 1. The van der Waals surface area contributed by atoms with E-state index in [1.54, 1.807) is 6.92 Å². The van der Waals surface area contributed by atoms with E-state index in [2.05, 4.69) is 11.3 Å². The van der Waals surface area contributed by atoms with Crippen molar-refractivity contribution >= 4 is 23.4 Å². The van der Waals surface area contributed by atoms with E-state index < -0.39 is 18.0 Å². The van der Waals surface area contributed by atoms with Crippen LogP contribution in [0.1, 0.15) is 17.3 Å². The number of piperazine rings is 1. The van der Waals surface area contributed by atoms with Gasteiger partial charge in [0.15, 0.2) is 0 Å². The monoisotopic (exact) mass is 376 g/mol. The fraction of sp³-hybridized carbons (Fsp3) is 0.375. The van der Waals surface area contributed by atoms with Gasteiger partial charge in [0, 0.05) is 30.7 Å². The molecule has 0 radical (unpaired) electrons. The summed E-state index contributed by atoms with van der Waals surface area (Å²) in [4.78, 5) is 27.3. The molecule has 5 nitrogen and oxygen atoms in total. The zero-order valence-electron chi connectivity index (χ0n) is 13.3. The van der Waals surface area contributed by atoms with Gasteiger partial charge in [0.25, 0.3) is 5.91 Å². The fourth-order valence-corrected chi connectivity index (χ4v) is 2.80. The van der Waals surface area contributed by atoms with Gasteiger partial charge >= 0.3 is 6.36 Å². The highest BCUT2D eigenvalue weighted by Gasteiger charge is 2.35. The molecular weight excluding hydrogens is 361 g/mol. The molecule has 1 saturated heterocycles. The van der Waals surface area contributed by atoms with Crippen LogP contribution >= 0.6 is 11.6 Å². The van der Waals surface area contributed by atoms with Gasteiger partial charge in [0.1, 0.15) is 5.75 Å². The lowest BCUT2D eigenvalue weighted by atomic mass is 10.1. The van der Waals surface area contributed by atoms with Crippen molar-refractivity contribution < 1.29 is 27.5 Å². The molecule has 0 aromatic heterocycles. The van der Waals surface area contributed by atoms with Crippen molar-refractivity contribution in [1.29, 1.82) is 0 Å². The zero-order valence-corrected chi connectivity index (χ0v) is 14.1. The topological polar surface area (TPSA) is 49.9 Å². The summed E-state index contributed by atoms with van der Waals surface area (Å²) in [5, 5.41) is 0.117. The number of nitrogens with zero attached hydrogens (tertiary/aromatic N) is 2. The molecule has 1 atom stereocenters. The maximum atomic E-state index is 12.7. The second-order valence-corrected chi connectivity index (χ2v) is 5.96. The standard InChI is InChI=1S/C16H16ClF3N2O3/c1-3-14(23)21-6-7-22(10(2)9-21)15(24)12-8-11(17)4-5-13(12)25-16(18,19)20/h3-5,8,10H,1,6-7,9H2,2H3/t10-/m0/s1. The molecule has 1 aromatic carbocycles. The normalized spacial score (nSPS) is 18.0. The average molecular weight is 377 g/mol. The van der Waals surface area contributed by atoms with Gasteiger partial charge < -0.3 is 14.5 Å². The zero-order chi connectivity index (χ0) is 18.8. The molecule has 136 valence electrons. The van der Waals surface area contributed by atoms with Crippen LogP contribution in [-0.2, 0) is 4.79 Å². The first-order valence-electron chi connectivity index (χ1n) is 7.40. The van der Waals surface area contributed by atoms with Crippen LogP contribution in [0.5, 0.6) is 5.75 Å². The first-order valence-corrected chi connectivity index (χ1v) is 7.78. The maximum Gasteiger partial charge on any atom is 0.573 e. The molecule has 25 heavy (non-hydrogen) atoms. The molecule has 0 spiro atoms. The highest BCUT2D eigenvalue weighted by atomic mass is 35.5. The molecule has 0 N–H and O–H groups in total. The molecular formula is C16H16ClF3N2O3. The predicted molar refractivity (Wildman–Crippen MR) is 85.4 cm³/mol. The van der Waals surface area contributed by atoms with Crippen molar-refractivity contribution in [3.8, 4) is 5.75 Å². The van der Waals surface area contributed by atoms with Gasteiger partial charge in [-0.25, -0.2) is 0 Å². The van der Waals surface area contributed by atoms with Crippen molar-refractivity contribution in [2.45, 2.75) is 19.3 Å². The molecule has 2 rings (SSSR count). The van der Waals surface area contributed by atoms with E-state index in [4.69, 9.17) is 11.6 Å². The Balaban J connectivity index is 2.24. The average Bonchev–Trinajstić information content (AvgIpc) is 2.53. The number of amides is 2. The van der Waals surface area contributed by atoms with Crippen molar-refractivity contribution in [2.24, 2.45) is 0 Å². The summed E-state index contributed by atoms with van der Waals surface area (Å²) in [5.74, 6) is -1.51. The number of carbonyl (C=O) groups excluding carboxylic acids is 2. The molecule has 1 aliphatic heterocycles. The van der Waals surface area contributed by atoms with E-state index in [1.807, 2.05) is 0 Å². The third-order valence-electron chi connectivity index (χ3n) is 3.77. The summed E-state index contributed by atoms with van der Waals surface area (Å²) in [7, 11) is 0. The lowest BCUT2D eigenvalue weighted by Gasteiger charge is -2.39. The van der Waals surface area contributed by atoms with Gasteiger partial charge in [-0.2, -0.15) is 0 Å². The van der Waals surface area contributed by atoms with Crippen LogP contribution in [0.2, 0.25) is 5.02 Å². The van der Waals surface area contributed by atoms with Crippen LogP contribution in [0, 0.1) is 0 Å². The van der Waals surface area contributed by atoms with Crippen LogP contribution in [0.4, 0.5) is 13.2 Å². The van der Waals surface area contributed by atoms with Crippen LogP contribution in [0.25, 0.3) is 0 Å². The van der Waals surface area contributed by atoms with Gasteiger partial charge in [-0.3, -0.25) is 9.59 Å². The Morgan fingerprint density at radius 1 is 1.36 bits per heavy atom. The van der Waals surface area contributed by atoms with Gasteiger partial charge in [0.2, 0.25) is 5.91 Å². The summed E-state index contributed by atoms with van der Waals surface area (Å²) < 4.78 is 41.6. The van der Waals surface area contributed by atoms with E-state index in [0.717, 1.165) is 12.1 Å². The summed E-state index contributed by atoms with van der Waals surface area (Å²) in [6.07, 6.45) is -3.75. The van der Waals surface area contributed by atoms with Crippen LogP contribution in [0.15, 0.2) is 30.9 Å². The summed E-state index contributed by atoms with van der Waals surface area (Å²) in [6, 6.07) is 2.97. The van der Waals surface area contributed by atoms with Crippen LogP contribution in [-0.4, -0.2) is 53.7 Å². The largest absolute Gasteiger partial charge is 0.573 e. The number of rotatable bonds is 3. The van der Waals surface area contributed by atoms with Crippen LogP contribution in [0.3, 0.4) is 0 Å². The number of hydrogen-bond donors (Lipinski definition) is 0. The number of halogens is 4. The second kappa shape index (κ2) is 7.35. The lowest BCUT2D eigenvalue weighted by Crippen LogP contribution is -2.55. The maximum absolute atomic E-state index is 12.7. The molecule has 0 bridgehead atoms. The minimum absolute atomic E-state index is 0.117. The molecule has 1 aromatic rings. The number of benzene rings is 1. The Morgan fingerprint density at radius 2 is 2.04 bits per heavy atom. The van der Waals surface area contributed by atoms with Gasteiger partial charge in [-0.15, -0.1) is 13.2 Å². The minimum Gasteiger partial charge on any atom is -0.405 e. The van der Waals surface area contributed by atoms with E-state index >= 15 is 0 Å². The quantitative estimate of drug-likeness (QED) is 0.762. The molecule has 0 aliphatic carbocycles. The van der Waals surface area contributed by atoms with Gasteiger partial charge in [-0.05, 0) is 31.2 Å². The molecule has 1 fully saturated rings. The van der Waals surface area contributed by atoms with Crippen molar-refractivity contribution in [3.05, 3.63) is 41.4 Å². The minimum atomic E-state index is -4.93. The fourth-order valence-electron chi connectivity index (χ4n) is 2.63. The molecule has 1 heterocycles. The Hall–Kier alpha value is -2.22. The number of carbonyl (C=O) groups is 2. The Kier molecular flexibility index (Phi) is 5.62. The smallest absolute Gasteiger partial charge is 0.405 e. The Labute approximate surface area is 147 Å². The summed E-state index contributed by atoms with van der Waals surface area (Å²) in [6.45, 7) is 5.81. The SMILES string of the molecule is C=CC(=O)N1CCN(C(=O)c2cc(Cl)ccc2OC(F)(F)F)[C@@H](C)C1. The highest BCUT2D eigenvalue weighted by Crippen LogP contribution is 2.30. The number of hydrogen-bond acceptors (Lipinski definition) is 3. The first-order chi connectivity index (χ1) is 11.6. The van der Waals surface area contributed by atoms with Gasteiger partial charge in [-0.1, -0.05) is 18.2 Å². The molecule has 0 saturated carbocycles. The van der Waals surface area contributed by atoms with Crippen molar-refractivity contribution in [3.63, 3.8) is 0 Å². The van der Waals surface area contributed by atoms with Crippen molar-refractivity contribution in [1.82, 2.24) is 9.80 Å². The van der Waals surface area contributed by atoms with E-state index in [9.17, 15) is 22.8 Å². The predicted octanol–water partition coefficient (Wildman–Crippen LogP) is 3.10. The third kappa shape index (κ3) is 4.66. The summed E-state index contributed by atoms with van der Waals surface area (Å²) >= 11 is 5.82. The number of alkyl halides is 3. The first kappa shape index (κ1) is 19.1. The van der Waals surface area contributed by atoms with E-state index in [0.29, 0.717) is 0 Å². The van der Waals surface area contributed by atoms with E-state index in [-0.39, 0.29) is 42.2 Å². The Morgan fingerprint density at radius 3 is 2.60 bits per heavy atom.